The van der Waals surface area contributed by atoms with Gasteiger partial charge in [0.1, 0.15) is 18.1 Å². The molecule has 25 heavy (non-hydrogen) atoms. The molecule has 0 aliphatic rings. The number of hydrogen-bond acceptors (Lipinski definition) is 4. The van der Waals surface area contributed by atoms with Crippen molar-refractivity contribution in [2.75, 3.05) is 6.61 Å². The van der Waals surface area contributed by atoms with E-state index in [0.29, 0.717) is 5.69 Å². The van der Waals surface area contributed by atoms with E-state index < -0.39 is 0 Å². The third-order valence-corrected chi connectivity index (χ3v) is 3.46. The van der Waals surface area contributed by atoms with Crippen LogP contribution >= 0.6 is 0 Å². The van der Waals surface area contributed by atoms with E-state index in [4.69, 9.17) is 10.4 Å². The molecule has 0 atom stereocenters. The molecule has 0 saturated heterocycles. The van der Waals surface area contributed by atoms with E-state index >= 15 is 0 Å². The van der Waals surface area contributed by atoms with Crippen LogP contribution in [0.2, 0.25) is 0 Å². The zero-order valence-corrected chi connectivity index (χ0v) is 14.4. The molecule has 0 aliphatic carbocycles. The molecule has 0 aliphatic heterocycles. The summed E-state index contributed by atoms with van der Waals surface area (Å²) in [6, 6.07) is 13.8. The maximum atomic E-state index is 8.66. The van der Waals surface area contributed by atoms with Crippen molar-refractivity contribution in [2.24, 2.45) is 0 Å². The molecule has 4 heterocycles. The summed E-state index contributed by atoms with van der Waals surface area (Å²) in [5.74, 6) is 0. The van der Waals surface area contributed by atoms with Crippen LogP contribution in [0.15, 0.2) is 61.4 Å². The molecule has 0 bridgehead atoms. The van der Waals surface area contributed by atoms with E-state index in [1.165, 1.54) is 11.2 Å². The van der Waals surface area contributed by atoms with Crippen LogP contribution < -0.4 is 0 Å². The fourth-order valence-electron chi connectivity index (χ4n) is 2.33. The molecule has 0 amide bonds. The van der Waals surface area contributed by atoms with Crippen LogP contribution in [0.4, 0.5) is 0 Å². The lowest BCUT2D eigenvalue weighted by Crippen LogP contribution is -1.91. The van der Waals surface area contributed by atoms with E-state index in [1.54, 1.807) is 29.9 Å². The fourth-order valence-corrected chi connectivity index (χ4v) is 2.33. The predicted octanol–water partition coefficient (Wildman–Crippen LogP) is 3.10. The second-order valence-electron chi connectivity index (χ2n) is 5.09. The number of aliphatic hydroxyl groups excluding tert-OH is 1. The van der Waals surface area contributed by atoms with Crippen LogP contribution in [0.25, 0.3) is 11.0 Å². The van der Waals surface area contributed by atoms with E-state index in [2.05, 4.69) is 45.6 Å². The molecule has 0 saturated carbocycles. The van der Waals surface area contributed by atoms with Gasteiger partial charge in [0.25, 0.3) is 0 Å². The SMILES string of the molecule is CCO.CCc1cccc2cncn12.N#Cc1cccc2cncn12. The van der Waals surface area contributed by atoms with Crippen molar-refractivity contribution in [1.82, 2.24) is 18.8 Å². The van der Waals surface area contributed by atoms with E-state index in [9.17, 15) is 0 Å². The summed E-state index contributed by atoms with van der Waals surface area (Å²) in [5, 5.41) is 16.2. The Balaban J connectivity index is 0.000000156. The standard InChI is InChI=1S/C9H10N2.C8H5N3.C2H6O/c1-2-8-4-3-5-9-6-10-7-11(8)9;9-4-7-2-1-3-8-5-10-6-11(7)8;1-2-3/h3-7H,2H2,1H3;1-3,5-6H;3H,2H2,1H3. The Bertz CT molecular complexity index is 964. The second kappa shape index (κ2) is 9.21. The zero-order chi connectivity index (χ0) is 18.1. The third kappa shape index (κ3) is 4.43. The summed E-state index contributed by atoms with van der Waals surface area (Å²) < 4.78 is 3.86. The van der Waals surface area contributed by atoms with Crippen molar-refractivity contribution in [2.45, 2.75) is 20.3 Å². The number of imidazole rings is 2. The summed E-state index contributed by atoms with van der Waals surface area (Å²) in [6.45, 7) is 4.08. The largest absolute Gasteiger partial charge is 0.397 e. The summed E-state index contributed by atoms with van der Waals surface area (Å²) in [7, 11) is 0. The highest BCUT2D eigenvalue weighted by Gasteiger charge is 1.96. The Morgan fingerprint density at radius 3 is 2.12 bits per heavy atom. The Hall–Kier alpha value is -3.17. The number of aryl methyl sites for hydroxylation is 1. The Morgan fingerprint density at radius 2 is 1.52 bits per heavy atom. The Labute approximate surface area is 146 Å². The maximum Gasteiger partial charge on any atom is 0.125 e. The number of fused-ring (bicyclic) bond motifs is 2. The molecular formula is C19H21N5O. The lowest BCUT2D eigenvalue weighted by atomic mass is 10.3. The summed E-state index contributed by atoms with van der Waals surface area (Å²) in [5.41, 5.74) is 4.04. The predicted molar refractivity (Wildman–Crippen MR) is 97.2 cm³/mol. The van der Waals surface area contributed by atoms with Crippen molar-refractivity contribution < 1.29 is 5.11 Å². The molecule has 0 fully saturated rings. The molecule has 6 heteroatoms. The Morgan fingerprint density at radius 1 is 0.960 bits per heavy atom. The Kier molecular flexibility index (Phi) is 6.69. The normalized spacial score (nSPS) is 9.68. The van der Waals surface area contributed by atoms with Crippen LogP contribution in [0, 0.1) is 11.3 Å². The third-order valence-electron chi connectivity index (χ3n) is 3.46. The van der Waals surface area contributed by atoms with Crippen LogP contribution in [0.3, 0.4) is 0 Å². The zero-order valence-electron chi connectivity index (χ0n) is 14.4. The van der Waals surface area contributed by atoms with E-state index in [1.807, 2.05) is 24.7 Å². The average molecular weight is 335 g/mol. The van der Waals surface area contributed by atoms with Gasteiger partial charge in [-0.1, -0.05) is 19.1 Å². The van der Waals surface area contributed by atoms with Crippen LogP contribution in [-0.4, -0.2) is 30.5 Å². The first-order valence-electron chi connectivity index (χ1n) is 8.07. The first-order valence-corrected chi connectivity index (χ1v) is 8.07. The molecule has 4 aromatic rings. The van der Waals surface area contributed by atoms with Crippen LogP contribution in [0.1, 0.15) is 25.2 Å². The molecule has 1 N–H and O–H groups in total. The minimum atomic E-state index is 0.250. The maximum absolute atomic E-state index is 8.66. The molecule has 6 nitrogen and oxygen atoms in total. The van der Waals surface area contributed by atoms with Gasteiger partial charge in [0.15, 0.2) is 0 Å². The average Bonchev–Trinajstić information content (AvgIpc) is 3.31. The number of nitrogens with zero attached hydrogens (tertiary/aromatic N) is 5. The van der Waals surface area contributed by atoms with Gasteiger partial charge in [0.2, 0.25) is 0 Å². The molecule has 0 aromatic carbocycles. The minimum Gasteiger partial charge on any atom is -0.397 e. The van der Waals surface area contributed by atoms with Gasteiger partial charge in [-0.2, -0.15) is 5.26 Å². The molecule has 0 spiro atoms. The van der Waals surface area contributed by atoms with Gasteiger partial charge in [-0.05, 0) is 37.6 Å². The first kappa shape index (κ1) is 18.2. The van der Waals surface area contributed by atoms with Gasteiger partial charge in [-0.25, -0.2) is 9.97 Å². The molecule has 0 unspecified atom stereocenters. The summed E-state index contributed by atoms with van der Waals surface area (Å²) in [4.78, 5) is 7.99. The number of hydrogen-bond donors (Lipinski definition) is 1. The lowest BCUT2D eigenvalue weighted by Gasteiger charge is -1.99. The number of rotatable bonds is 1. The highest BCUT2D eigenvalue weighted by molar-refractivity contribution is 5.48. The number of aliphatic hydroxyl groups is 1. The van der Waals surface area contributed by atoms with Crippen molar-refractivity contribution in [3.8, 4) is 6.07 Å². The monoisotopic (exact) mass is 335 g/mol. The first-order chi connectivity index (χ1) is 12.2. The minimum absolute atomic E-state index is 0.250. The van der Waals surface area contributed by atoms with Gasteiger partial charge in [-0.3, -0.25) is 4.40 Å². The number of nitriles is 1. The fraction of sp³-hybridized carbons (Fsp3) is 0.211. The molecular weight excluding hydrogens is 314 g/mol. The van der Waals surface area contributed by atoms with Crippen molar-refractivity contribution in [3.63, 3.8) is 0 Å². The molecule has 4 rings (SSSR count). The molecule has 128 valence electrons. The topological polar surface area (TPSA) is 78.6 Å². The van der Waals surface area contributed by atoms with E-state index in [0.717, 1.165) is 11.9 Å². The quantitative estimate of drug-likeness (QED) is 0.580. The highest BCUT2D eigenvalue weighted by atomic mass is 16.2. The molecule has 4 aromatic heterocycles. The van der Waals surface area contributed by atoms with Crippen molar-refractivity contribution in [1.29, 1.82) is 5.26 Å². The second-order valence-corrected chi connectivity index (χ2v) is 5.09. The van der Waals surface area contributed by atoms with Crippen LogP contribution in [0.5, 0.6) is 0 Å². The van der Waals surface area contributed by atoms with Gasteiger partial charge in [-0.15, -0.1) is 0 Å². The number of pyridine rings is 2. The van der Waals surface area contributed by atoms with E-state index in [-0.39, 0.29) is 6.61 Å². The highest BCUT2D eigenvalue weighted by Crippen LogP contribution is 2.06. The van der Waals surface area contributed by atoms with Crippen molar-refractivity contribution in [3.05, 3.63) is 72.8 Å². The van der Waals surface area contributed by atoms with Gasteiger partial charge in [0, 0.05) is 12.3 Å². The number of aromatic nitrogens is 4. The summed E-state index contributed by atoms with van der Waals surface area (Å²) in [6.07, 6.45) is 8.13. The van der Waals surface area contributed by atoms with Gasteiger partial charge < -0.3 is 9.51 Å². The summed E-state index contributed by atoms with van der Waals surface area (Å²) >= 11 is 0. The molecule has 0 radical (unpaired) electrons. The lowest BCUT2D eigenvalue weighted by molar-refractivity contribution is 0.318. The van der Waals surface area contributed by atoms with Crippen molar-refractivity contribution >= 4 is 11.0 Å². The smallest absolute Gasteiger partial charge is 0.125 e. The van der Waals surface area contributed by atoms with Gasteiger partial charge in [0.05, 0.1) is 29.8 Å². The van der Waals surface area contributed by atoms with Crippen LogP contribution in [-0.2, 0) is 6.42 Å². The van der Waals surface area contributed by atoms with Gasteiger partial charge >= 0.3 is 0 Å².